The maximum atomic E-state index is 13.9. The Morgan fingerprint density at radius 2 is 1.79 bits per heavy atom. The summed E-state index contributed by atoms with van der Waals surface area (Å²) in [5.74, 6) is -2.54. The SMILES string of the molecule is CCC(C)=C(c1ccc(COc2nc(-c3c(OC)ncnc3C3CC3)ncc2C(F)F)cc1)N(C)/C=C(\C)C(C)(F)F. The van der Waals surface area contributed by atoms with Crippen LogP contribution in [0.2, 0.25) is 0 Å². The Kier molecular flexibility index (Phi) is 9.48. The van der Waals surface area contributed by atoms with E-state index < -0.39 is 17.9 Å². The topological polar surface area (TPSA) is 73.3 Å². The van der Waals surface area contributed by atoms with E-state index in [1.165, 1.54) is 26.6 Å². The van der Waals surface area contributed by atoms with E-state index >= 15 is 0 Å². The van der Waals surface area contributed by atoms with Crippen LogP contribution in [0.4, 0.5) is 17.6 Å². The Hall–Kier alpha value is -4.02. The summed E-state index contributed by atoms with van der Waals surface area (Å²) in [5.41, 5.74) is 4.06. The summed E-state index contributed by atoms with van der Waals surface area (Å²) in [6.45, 7) is 6.19. The molecule has 0 spiro atoms. The first kappa shape index (κ1) is 30.9. The molecular formula is C31H35F4N5O2. The molecule has 7 nitrogen and oxygen atoms in total. The second-order valence-electron chi connectivity index (χ2n) is 10.5. The van der Waals surface area contributed by atoms with E-state index in [0.717, 1.165) is 54.9 Å². The van der Waals surface area contributed by atoms with Gasteiger partial charge >= 0.3 is 0 Å². The molecular weight excluding hydrogens is 550 g/mol. The van der Waals surface area contributed by atoms with Gasteiger partial charge in [0.1, 0.15) is 18.5 Å². The molecule has 0 atom stereocenters. The van der Waals surface area contributed by atoms with Gasteiger partial charge < -0.3 is 14.4 Å². The number of benzene rings is 1. The lowest BCUT2D eigenvalue weighted by Crippen LogP contribution is -2.18. The molecule has 0 radical (unpaired) electrons. The number of allylic oxidation sites excluding steroid dienone is 2. The van der Waals surface area contributed by atoms with Crippen LogP contribution in [-0.4, -0.2) is 44.9 Å². The van der Waals surface area contributed by atoms with Crippen LogP contribution < -0.4 is 9.47 Å². The van der Waals surface area contributed by atoms with Crippen molar-refractivity contribution in [2.24, 2.45) is 0 Å². The highest BCUT2D eigenvalue weighted by Gasteiger charge is 2.32. The second kappa shape index (κ2) is 12.9. The first-order chi connectivity index (χ1) is 19.9. The fourth-order valence-corrected chi connectivity index (χ4v) is 4.47. The molecule has 42 heavy (non-hydrogen) atoms. The Bertz CT molecular complexity index is 1470. The molecule has 0 bridgehead atoms. The molecule has 1 aliphatic carbocycles. The van der Waals surface area contributed by atoms with Crippen molar-refractivity contribution in [1.29, 1.82) is 0 Å². The minimum absolute atomic E-state index is 0.0307. The lowest BCUT2D eigenvalue weighted by Gasteiger charge is -2.24. The predicted octanol–water partition coefficient (Wildman–Crippen LogP) is 7.97. The fourth-order valence-electron chi connectivity index (χ4n) is 4.47. The summed E-state index contributed by atoms with van der Waals surface area (Å²) in [4.78, 5) is 18.8. The average Bonchev–Trinajstić information content (AvgIpc) is 3.81. The molecule has 224 valence electrons. The molecule has 1 saturated carbocycles. The molecule has 1 aromatic carbocycles. The van der Waals surface area contributed by atoms with Crippen molar-refractivity contribution in [3.63, 3.8) is 0 Å². The molecule has 2 heterocycles. The standard InChI is InChI=1S/C31H35F4N5O2/c1-7-18(2)26(40(5)15-19(3)31(4,34)35)22-10-8-20(9-11-22)16-42-29-23(27(32)33)14-36-28(39-29)24-25(21-12-13-21)37-17-38-30(24)41-6/h8-11,14-15,17,21,27H,7,12-13,16H2,1-6H3/b19-15+,26-18?. The third-order valence-electron chi connectivity index (χ3n) is 7.21. The molecule has 1 aliphatic rings. The molecule has 0 saturated heterocycles. The van der Waals surface area contributed by atoms with Gasteiger partial charge in [-0.05, 0) is 49.8 Å². The van der Waals surface area contributed by atoms with E-state index in [9.17, 15) is 17.6 Å². The Morgan fingerprint density at radius 1 is 1.10 bits per heavy atom. The summed E-state index contributed by atoms with van der Waals surface area (Å²) in [5, 5.41) is 0. The van der Waals surface area contributed by atoms with Crippen LogP contribution in [0, 0.1) is 0 Å². The zero-order chi connectivity index (χ0) is 30.6. The van der Waals surface area contributed by atoms with Crippen LogP contribution in [0.5, 0.6) is 11.8 Å². The predicted molar refractivity (Wildman–Crippen MR) is 152 cm³/mol. The molecule has 0 N–H and O–H groups in total. The van der Waals surface area contributed by atoms with E-state index in [0.29, 0.717) is 11.1 Å². The number of methoxy groups -OCH3 is 1. The smallest absolute Gasteiger partial charge is 0.270 e. The quantitative estimate of drug-likeness (QED) is 0.200. The van der Waals surface area contributed by atoms with Crippen molar-refractivity contribution in [2.75, 3.05) is 14.2 Å². The largest absolute Gasteiger partial charge is 0.480 e. The minimum atomic E-state index is -2.93. The van der Waals surface area contributed by atoms with Crippen LogP contribution in [0.25, 0.3) is 17.1 Å². The van der Waals surface area contributed by atoms with Gasteiger partial charge in [0, 0.05) is 43.6 Å². The van der Waals surface area contributed by atoms with Gasteiger partial charge in [-0.2, -0.15) is 4.98 Å². The number of aromatic nitrogens is 4. The van der Waals surface area contributed by atoms with Gasteiger partial charge in [-0.1, -0.05) is 31.2 Å². The fraction of sp³-hybridized carbons (Fsp3) is 0.419. The summed E-state index contributed by atoms with van der Waals surface area (Å²) in [6.07, 6.45) is 3.68. The van der Waals surface area contributed by atoms with Gasteiger partial charge in [0.05, 0.1) is 18.4 Å². The van der Waals surface area contributed by atoms with Gasteiger partial charge in [0.2, 0.25) is 11.8 Å². The normalized spacial score (nSPS) is 14.6. The van der Waals surface area contributed by atoms with E-state index in [1.807, 2.05) is 26.0 Å². The van der Waals surface area contributed by atoms with E-state index in [2.05, 4.69) is 19.9 Å². The third kappa shape index (κ3) is 7.06. The first-order valence-corrected chi connectivity index (χ1v) is 13.7. The number of hydrogen-bond donors (Lipinski definition) is 0. The molecule has 0 unspecified atom stereocenters. The van der Waals surface area contributed by atoms with Crippen molar-refractivity contribution in [3.8, 4) is 23.1 Å². The molecule has 2 aromatic heterocycles. The van der Waals surface area contributed by atoms with E-state index in [1.54, 1.807) is 24.1 Å². The highest BCUT2D eigenvalue weighted by atomic mass is 19.3. The number of halogens is 4. The number of alkyl halides is 4. The monoisotopic (exact) mass is 585 g/mol. The highest BCUT2D eigenvalue weighted by molar-refractivity contribution is 5.68. The van der Waals surface area contributed by atoms with Crippen molar-refractivity contribution in [2.45, 2.75) is 71.8 Å². The Balaban J connectivity index is 1.60. The number of rotatable bonds is 12. The molecule has 0 aliphatic heterocycles. The van der Waals surface area contributed by atoms with Crippen LogP contribution in [0.1, 0.15) is 81.7 Å². The second-order valence-corrected chi connectivity index (χ2v) is 10.5. The molecule has 1 fully saturated rings. The van der Waals surface area contributed by atoms with Crippen LogP contribution in [-0.2, 0) is 6.61 Å². The number of ether oxygens (including phenoxy) is 2. The summed E-state index contributed by atoms with van der Waals surface area (Å²) >= 11 is 0. The third-order valence-corrected chi connectivity index (χ3v) is 7.21. The zero-order valence-electron chi connectivity index (χ0n) is 24.6. The highest BCUT2D eigenvalue weighted by Crippen LogP contribution is 2.45. The van der Waals surface area contributed by atoms with Crippen molar-refractivity contribution in [3.05, 3.63) is 76.5 Å². The molecule has 3 aromatic rings. The number of hydrogen-bond acceptors (Lipinski definition) is 7. The lowest BCUT2D eigenvalue weighted by molar-refractivity contribution is 0.0622. The van der Waals surface area contributed by atoms with Gasteiger partial charge in [-0.15, -0.1) is 0 Å². The van der Waals surface area contributed by atoms with Crippen molar-refractivity contribution in [1.82, 2.24) is 24.8 Å². The Morgan fingerprint density at radius 3 is 2.36 bits per heavy atom. The van der Waals surface area contributed by atoms with Crippen molar-refractivity contribution < 1.29 is 27.0 Å². The lowest BCUT2D eigenvalue weighted by atomic mass is 10.0. The van der Waals surface area contributed by atoms with E-state index in [-0.39, 0.29) is 35.7 Å². The van der Waals surface area contributed by atoms with Crippen LogP contribution >= 0.6 is 0 Å². The van der Waals surface area contributed by atoms with Gasteiger partial charge in [-0.25, -0.2) is 32.5 Å². The zero-order valence-corrected chi connectivity index (χ0v) is 24.6. The summed E-state index contributed by atoms with van der Waals surface area (Å²) < 4.78 is 66.6. The number of nitrogens with zero attached hydrogens (tertiary/aromatic N) is 5. The summed E-state index contributed by atoms with van der Waals surface area (Å²) in [6, 6.07) is 7.32. The summed E-state index contributed by atoms with van der Waals surface area (Å²) in [7, 11) is 3.20. The first-order valence-electron chi connectivity index (χ1n) is 13.7. The molecule has 11 heteroatoms. The van der Waals surface area contributed by atoms with Gasteiger partial charge in [-0.3, -0.25) is 0 Å². The maximum absolute atomic E-state index is 13.9. The van der Waals surface area contributed by atoms with Crippen molar-refractivity contribution >= 4 is 5.70 Å². The van der Waals surface area contributed by atoms with Crippen LogP contribution in [0.3, 0.4) is 0 Å². The van der Waals surface area contributed by atoms with E-state index in [4.69, 9.17) is 9.47 Å². The Labute approximate surface area is 243 Å². The van der Waals surface area contributed by atoms with Crippen LogP contribution in [0.15, 0.2) is 54.1 Å². The molecule has 4 rings (SSSR count). The maximum Gasteiger partial charge on any atom is 0.270 e. The molecule has 0 amide bonds. The minimum Gasteiger partial charge on any atom is -0.480 e. The van der Waals surface area contributed by atoms with Gasteiger partial charge in [0.15, 0.2) is 5.82 Å². The average molecular weight is 586 g/mol. The van der Waals surface area contributed by atoms with Gasteiger partial charge in [0.25, 0.3) is 12.3 Å².